The summed E-state index contributed by atoms with van der Waals surface area (Å²) in [4.78, 5) is 4.77. The Morgan fingerprint density at radius 2 is 0.824 bits per heavy atom. The van der Waals surface area contributed by atoms with Crippen molar-refractivity contribution < 1.29 is 0 Å². The Morgan fingerprint density at radius 1 is 0.471 bits per heavy atom. The first-order chi connectivity index (χ1) is 24.7. The van der Waals surface area contributed by atoms with Crippen molar-refractivity contribution in [3.05, 3.63) is 164 Å². The smallest absolute Gasteiger partial charge is 0.0364 e. The van der Waals surface area contributed by atoms with Gasteiger partial charge in [-0.15, -0.1) is 0 Å². The van der Waals surface area contributed by atoms with Crippen molar-refractivity contribution in [3.63, 3.8) is 0 Å². The molecule has 0 bridgehead atoms. The zero-order valence-corrected chi connectivity index (χ0v) is 31.5. The third kappa shape index (κ3) is 10.0. The molecule has 0 amide bonds. The van der Waals surface area contributed by atoms with Crippen molar-refractivity contribution >= 4 is 46.8 Å². The van der Waals surface area contributed by atoms with Gasteiger partial charge in [-0.3, -0.25) is 0 Å². The van der Waals surface area contributed by atoms with E-state index in [1.807, 2.05) is 0 Å². The van der Waals surface area contributed by atoms with E-state index in [1.54, 1.807) is 0 Å². The first-order valence-electron chi connectivity index (χ1n) is 18.6. The molecule has 0 fully saturated rings. The van der Waals surface area contributed by atoms with E-state index in [-0.39, 0.29) is 0 Å². The maximum atomic E-state index is 2.38. The number of rotatable bonds is 12. The van der Waals surface area contributed by atoms with Crippen LogP contribution in [0.5, 0.6) is 0 Å². The predicted octanol–water partition coefficient (Wildman–Crippen LogP) is 9.20. The van der Waals surface area contributed by atoms with E-state index in [1.165, 1.54) is 96.1 Å². The molecule has 6 rings (SSSR count). The molecule has 2 nitrogen and oxygen atoms in total. The minimum atomic E-state index is 1.04. The summed E-state index contributed by atoms with van der Waals surface area (Å²) in [6.07, 6.45) is 19.5. The lowest BCUT2D eigenvalue weighted by atomic mass is 9.90. The van der Waals surface area contributed by atoms with Gasteiger partial charge in [0.05, 0.1) is 0 Å². The van der Waals surface area contributed by atoms with Crippen LogP contribution in [0, 0.1) is 0 Å². The van der Waals surface area contributed by atoms with Gasteiger partial charge in [0.2, 0.25) is 0 Å². The molecular weight excluding hydrogens is 617 g/mol. The van der Waals surface area contributed by atoms with Gasteiger partial charge in [-0.1, -0.05) is 120 Å². The molecule has 260 valence electrons. The zero-order chi connectivity index (χ0) is 35.7. The molecule has 0 aromatic heterocycles. The molecule has 4 aromatic rings. The average Bonchev–Trinajstić information content (AvgIpc) is 3.10. The van der Waals surface area contributed by atoms with Crippen LogP contribution in [0.1, 0.15) is 70.9 Å². The van der Waals surface area contributed by atoms with E-state index < -0.39 is 0 Å². The lowest BCUT2D eigenvalue weighted by Gasteiger charge is -2.21. The third-order valence-corrected chi connectivity index (χ3v) is 10.1. The summed E-state index contributed by atoms with van der Waals surface area (Å²) in [5.41, 5.74) is 13.4. The van der Waals surface area contributed by atoms with E-state index in [0.29, 0.717) is 0 Å². The van der Waals surface area contributed by atoms with Crippen LogP contribution in [-0.2, 0) is 0 Å². The monoisotopic (exact) mass is 670 g/mol. The molecule has 0 radical (unpaired) electrons. The highest BCUT2D eigenvalue weighted by Gasteiger charge is 2.11. The maximum absolute atomic E-state index is 2.38. The summed E-state index contributed by atoms with van der Waals surface area (Å²) in [7, 11) is 4.42. The summed E-state index contributed by atoms with van der Waals surface area (Å²) < 4.78 is 0. The van der Waals surface area contributed by atoms with Gasteiger partial charge < -0.3 is 9.80 Å². The van der Waals surface area contributed by atoms with Crippen molar-refractivity contribution in [2.75, 3.05) is 37.0 Å². The van der Waals surface area contributed by atoms with Crippen molar-refractivity contribution in [3.8, 4) is 0 Å². The molecule has 0 saturated carbocycles. The average molecular weight is 671 g/mol. The number of benzene rings is 4. The summed E-state index contributed by atoms with van der Waals surface area (Å²) in [5.74, 6) is 0. The fraction of sp³-hybridized carbons (Fsp3) is 0.265. The Hall–Kier alpha value is -5.08. The molecule has 0 atom stereocenters. The van der Waals surface area contributed by atoms with Gasteiger partial charge in [0.15, 0.2) is 0 Å². The molecule has 2 heteroatoms. The fourth-order valence-electron chi connectivity index (χ4n) is 6.73. The summed E-state index contributed by atoms with van der Waals surface area (Å²) in [5, 5.41) is 5.18. The number of hydrogen-bond acceptors (Lipinski definition) is 2. The summed E-state index contributed by atoms with van der Waals surface area (Å²) in [6.45, 7) is 10.8. The van der Waals surface area contributed by atoms with Gasteiger partial charge in [0, 0.05) is 38.6 Å². The second kappa shape index (κ2) is 16.8. The van der Waals surface area contributed by atoms with Crippen molar-refractivity contribution in [1.29, 1.82) is 0 Å². The lowest BCUT2D eigenvalue weighted by Crippen LogP contribution is -2.20. The quantitative estimate of drug-likeness (QED) is 0.139. The molecule has 0 spiro atoms. The van der Waals surface area contributed by atoms with E-state index >= 15 is 0 Å². The van der Waals surface area contributed by atoms with Gasteiger partial charge in [-0.2, -0.15) is 0 Å². The topological polar surface area (TPSA) is 6.48 Å². The van der Waals surface area contributed by atoms with Crippen molar-refractivity contribution in [2.45, 2.75) is 59.8 Å². The van der Waals surface area contributed by atoms with E-state index in [2.05, 4.69) is 185 Å². The number of hydrogen-bond donors (Lipinski definition) is 0. The molecule has 0 saturated heterocycles. The Balaban J connectivity index is 0.897. The van der Waals surface area contributed by atoms with Crippen LogP contribution in [0.4, 0.5) is 11.4 Å². The number of nitrogens with zero attached hydrogens (tertiary/aromatic N) is 2. The highest BCUT2D eigenvalue weighted by molar-refractivity contribution is 5.69. The number of allylic oxidation sites excluding steroid dienone is 6. The van der Waals surface area contributed by atoms with Crippen molar-refractivity contribution in [1.82, 2.24) is 0 Å². The molecule has 0 aliphatic heterocycles. The van der Waals surface area contributed by atoms with Gasteiger partial charge >= 0.3 is 0 Å². The summed E-state index contributed by atoms with van der Waals surface area (Å²) >= 11 is 0. The van der Waals surface area contributed by atoms with Crippen LogP contribution in [0.2, 0.25) is 0 Å². The third-order valence-electron chi connectivity index (χ3n) is 10.1. The highest BCUT2D eigenvalue weighted by Crippen LogP contribution is 2.30. The molecule has 51 heavy (non-hydrogen) atoms. The van der Waals surface area contributed by atoms with Crippen LogP contribution in [0.25, 0.3) is 35.5 Å². The van der Waals surface area contributed by atoms with Gasteiger partial charge in [0.1, 0.15) is 0 Å². The number of unbranched alkanes of at least 4 members (excludes halogenated alkanes) is 2. The van der Waals surface area contributed by atoms with Gasteiger partial charge in [0.25, 0.3) is 0 Å². The molecule has 4 aromatic carbocycles. The van der Waals surface area contributed by atoms with Gasteiger partial charge in [-0.25, -0.2) is 0 Å². The van der Waals surface area contributed by atoms with Crippen molar-refractivity contribution in [2.24, 2.45) is 0 Å². The molecular formula is C49H54N2. The highest BCUT2D eigenvalue weighted by atomic mass is 15.1. The first-order valence-corrected chi connectivity index (χ1v) is 18.6. The second-order valence-corrected chi connectivity index (χ2v) is 14.9. The Bertz CT molecular complexity index is 2010. The molecule has 2 aliphatic rings. The second-order valence-electron chi connectivity index (χ2n) is 14.9. The fourth-order valence-corrected chi connectivity index (χ4v) is 6.73. The Kier molecular flexibility index (Phi) is 11.7. The van der Waals surface area contributed by atoms with Crippen LogP contribution < -0.4 is 30.7 Å². The minimum Gasteiger partial charge on any atom is -0.375 e. The van der Waals surface area contributed by atoms with E-state index in [0.717, 1.165) is 25.9 Å². The molecule has 2 aliphatic carbocycles. The van der Waals surface area contributed by atoms with Gasteiger partial charge in [-0.05, 0) is 138 Å². The van der Waals surface area contributed by atoms with E-state index in [9.17, 15) is 0 Å². The van der Waals surface area contributed by atoms with E-state index in [4.69, 9.17) is 0 Å². The molecule has 0 heterocycles. The lowest BCUT2D eigenvalue weighted by molar-refractivity contribution is 0.666. The predicted molar refractivity (Wildman–Crippen MR) is 224 cm³/mol. The number of anilines is 2. The minimum absolute atomic E-state index is 1.04. The van der Waals surface area contributed by atoms with Crippen LogP contribution in [-0.4, -0.2) is 27.2 Å². The molecule has 0 unspecified atom stereocenters. The standard InChI is InChI=1S/C49H54N2/c1-36(2)46-18-10-38(11-19-46)28-42-32-44(33-42)30-40-14-22-48(23-15-40)50(5)26-8-7-9-27-51(6)49-24-16-41(17-25-49)31-45-34-43(35-45)29-39-12-20-47(21-13-39)37(3)4/h10-25,28-32,34H,7-9,26-27,33,35H2,1-6H3. The van der Waals surface area contributed by atoms with Crippen LogP contribution in [0.15, 0.2) is 132 Å². The zero-order valence-electron chi connectivity index (χ0n) is 31.5. The summed E-state index contributed by atoms with van der Waals surface area (Å²) in [6, 6.07) is 35.7. The molecule has 0 N–H and O–H groups in total. The Labute approximate surface area is 306 Å². The maximum Gasteiger partial charge on any atom is 0.0364 e. The largest absolute Gasteiger partial charge is 0.375 e. The van der Waals surface area contributed by atoms with Crippen LogP contribution >= 0.6 is 0 Å². The SMILES string of the molecule is CC(C)=c1ccc(=CC2=CC(=Cc3ccc(N(C)CCCCCN(C)c4ccc(C=C5C=C(C=c6ccc(=C(C)C)cc6)C5)cc4)cc3)C2)cc1. The Morgan fingerprint density at radius 3 is 1.16 bits per heavy atom. The van der Waals surface area contributed by atoms with Crippen LogP contribution in [0.3, 0.4) is 0 Å². The normalized spacial score (nSPS) is 15.0. The first kappa shape index (κ1) is 35.7.